The van der Waals surface area contributed by atoms with Crippen LogP contribution in [0, 0.1) is 5.92 Å². The second-order valence-electron chi connectivity index (χ2n) is 8.91. The number of likely N-dealkylation sites (tertiary alicyclic amines) is 1. The van der Waals surface area contributed by atoms with E-state index in [1.165, 1.54) is 44.3 Å². The lowest BCUT2D eigenvalue weighted by molar-refractivity contribution is -0.909. The molecule has 0 spiro atoms. The van der Waals surface area contributed by atoms with Gasteiger partial charge in [0.25, 0.3) is 0 Å². The summed E-state index contributed by atoms with van der Waals surface area (Å²) in [6.45, 7) is 6.65. The van der Waals surface area contributed by atoms with E-state index in [9.17, 15) is 4.79 Å². The van der Waals surface area contributed by atoms with Gasteiger partial charge in [0.15, 0.2) is 0 Å². The first-order valence-corrected chi connectivity index (χ1v) is 11.1. The summed E-state index contributed by atoms with van der Waals surface area (Å²) in [6, 6.07) is 11.2. The van der Waals surface area contributed by atoms with E-state index in [4.69, 9.17) is 0 Å². The summed E-state index contributed by atoms with van der Waals surface area (Å²) in [7, 11) is 0. The van der Waals surface area contributed by atoms with Crippen LogP contribution in [0.2, 0.25) is 0 Å². The number of carbonyl (C=O) groups is 1. The molecule has 2 aliphatic carbocycles. The summed E-state index contributed by atoms with van der Waals surface area (Å²) in [6.07, 6.45) is 12.8. The Bertz CT molecular complexity index is 664. The van der Waals surface area contributed by atoms with E-state index in [2.05, 4.69) is 54.3 Å². The van der Waals surface area contributed by atoms with Crippen molar-refractivity contribution in [3.8, 4) is 0 Å². The largest absolute Gasteiger partial charge is 0.336 e. The first kappa shape index (κ1) is 18.7. The van der Waals surface area contributed by atoms with Crippen LogP contribution in [-0.4, -0.2) is 43.0 Å². The fourth-order valence-corrected chi connectivity index (χ4v) is 5.32. The Hall–Kier alpha value is -1.61. The maximum Gasteiger partial charge on any atom is 0.233 e. The highest BCUT2D eigenvalue weighted by Crippen LogP contribution is 2.49. The van der Waals surface area contributed by atoms with Gasteiger partial charge in [-0.05, 0) is 50.5 Å². The Kier molecular flexibility index (Phi) is 5.68. The molecule has 3 atom stereocenters. The highest BCUT2D eigenvalue weighted by molar-refractivity contribution is 5.91. The van der Waals surface area contributed by atoms with E-state index in [0.717, 1.165) is 32.4 Å². The van der Waals surface area contributed by atoms with Crippen LogP contribution >= 0.6 is 0 Å². The monoisotopic (exact) mass is 367 g/mol. The molecular formula is C24H35N2O+. The lowest BCUT2D eigenvalue weighted by Gasteiger charge is -2.34. The first-order chi connectivity index (χ1) is 13.2. The fraction of sp³-hybridized carbons (Fsp3) is 0.625. The van der Waals surface area contributed by atoms with E-state index >= 15 is 0 Å². The van der Waals surface area contributed by atoms with Crippen LogP contribution in [0.4, 0.5) is 0 Å². The molecule has 0 radical (unpaired) electrons. The SMILES string of the molecule is CC[NH+]1CCC[C@@H]1CN(C[C@H]1CC=CCC1)C(=O)C1(c2ccccc2)CC1. The van der Waals surface area contributed by atoms with Crippen molar-refractivity contribution in [2.75, 3.05) is 26.2 Å². The summed E-state index contributed by atoms with van der Waals surface area (Å²) in [5.74, 6) is 1.04. The molecule has 146 valence electrons. The van der Waals surface area contributed by atoms with Gasteiger partial charge in [-0.1, -0.05) is 42.5 Å². The van der Waals surface area contributed by atoms with Crippen molar-refractivity contribution >= 4 is 5.91 Å². The molecule has 3 aliphatic rings. The van der Waals surface area contributed by atoms with Gasteiger partial charge in [-0.2, -0.15) is 0 Å². The second-order valence-corrected chi connectivity index (χ2v) is 8.91. The average molecular weight is 368 g/mol. The highest BCUT2D eigenvalue weighted by atomic mass is 16.2. The number of nitrogens with zero attached hydrogens (tertiary/aromatic N) is 1. The smallest absolute Gasteiger partial charge is 0.233 e. The summed E-state index contributed by atoms with van der Waals surface area (Å²) >= 11 is 0. The minimum Gasteiger partial charge on any atom is -0.336 e. The van der Waals surface area contributed by atoms with Gasteiger partial charge in [0.1, 0.15) is 6.04 Å². The minimum absolute atomic E-state index is 0.225. The van der Waals surface area contributed by atoms with Crippen molar-refractivity contribution in [3.05, 3.63) is 48.0 Å². The van der Waals surface area contributed by atoms with Crippen LogP contribution in [-0.2, 0) is 10.2 Å². The summed E-state index contributed by atoms with van der Waals surface area (Å²) < 4.78 is 0. The van der Waals surface area contributed by atoms with Crippen molar-refractivity contribution in [3.63, 3.8) is 0 Å². The third-order valence-electron chi connectivity index (χ3n) is 7.15. The number of nitrogens with one attached hydrogen (secondary N) is 1. The molecular weight excluding hydrogens is 332 g/mol. The van der Waals surface area contributed by atoms with Crippen molar-refractivity contribution in [1.82, 2.24) is 4.90 Å². The van der Waals surface area contributed by atoms with Crippen LogP contribution in [0.25, 0.3) is 0 Å². The van der Waals surface area contributed by atoms with Crippen molar-refractivity contribution < 1.29 is 9.69 Å². The van der Waals surface area contributed by atoms with E-state index < -0.39 is 0 Å². The maximum absolute atomic E-state index is 13.8. The molecule has 3 heteroatoms. The van der Waals surface area contributed by atoms with Gasteiger partial charge in [-0.25, -0.2) is 0 Å². The van der Waals surface area contributed by atoms with Gasteiger partial charge >= 0.3 is 0 Å². The van der Waals surface area contributed by atoms with Crippen molar-refractivity contribution in [2.45, 2.75) is 63.3 Å². The molecule has 1 amide bonds. The number of benzene rings is 1. The number of hydrogen-bond acceptors (Lipinski definition) is 1. The maximum atomic E-state index is 13.8. The topological polar surface area (TPSA) is 24.8 Å². The molecule has 1 aliphatic heterocycles. The summed E-state index contributed by atoms with van der Waals surface area (Å²) in [4.78, 5) is 17.8. The zero-order valence-electron chi connectivity index (χ0n) is 16.8. The van der Waals surface area contributed by atoms with Crippen LogP contribution < -0.4 is 4.90 Å². The number of likely N-dealkylation sites (N-methyl/N-ethyl adjacent to an activating group) is 1. The van der Waals surface area contributed by atoms with Crippen molar-refractivity contribution in [1.29, 1.82) is 0 Å². The number of carbonyl (C=O) groups excluding carboxylic acids is 1. The van der Waals surface area contributed by atoms with Crippen LogP contribution in [0.5, 0.6) is 0 Å². The van der Waals surface area contributed by atoms with E-state index in [1.54, 1.807) is 4.90 Å². The minimum atomic E-state index is -0.225. The predicted octanol–water partition coefficient (Wildman–Crippen LogP) is 2.97. The molecule has 0 aromatic heterocycles. The third kappa shape index (κ3) is 3.99. The molecule has 1 heterocycles. The van der Waals surface area contributed by atoms with Gasteiger partial charge in [0.2, 0.25) is 5.91 Å². The second kappa shape index (κ2) is 8.18. The zero-order valence-corrected chi connectivity index (χ0v) is 16.8. The molecule has 1 saturated heterocycles. The van der Waals surface area contributed by atoms with Crippen LogP contribution in [0.15, 0.2) is 42.5 Å². The van der Waals surface area contributed by atoms with Crippen LogP contribution in [0.1, 0.15) is 57.4 Å². The van der Waals surface area contributed by atoms with Gasteiger partial charge in [0.05, 0.1) is 25.0 Å². The van der Waals surface area contributed by atoms with Crippen molar-refractivity contribution in [2.24, 2.45) is 5.92 Å². The molecule has 1 N–H and O–H groups in total. The van der Waals surface area contributed by atoms with E-state index in [1.807, 2.05) is 0 Å². The normalized spacial score (nSPS) is 28.9. The summed E-state index contributed by atoms with van der Waals surface area (Å²) in [5, 5.41) is 0. The quantitative estimate of drug-likeness (QED) is 0.737. The molecule has 2 fully saturated rings. The first-order valence-electron chi connectivity index (χ1n) is 11.1. The van der Waals surface area contributed by atoms with E-state index in [-0.39, 0.29) is 5.41 Å². The lowest BCUT2D eigenvalue weighted by Crippen LogP contribution is -3.14. The molecule has 3 nitrogen and oxygen atoms in total. The number of quaternary nitrogens is 1. The summed E-state index contributed by atoms with van der Waals surface area (Å²) in [5.41, 5.74) is 1.01. The number of amides is 1. The van der Waals surface area contributed by atoms with E-state index in [0.29, 0.717) is 17.9 Å². The molecule has 1 saturated carbocycles. The molecule has 1 aromatic rings. The third-order valence-corrected chi connectivity index (χ3v) is 7.15. The number of hydrogen-bond donors (Lipinski definition) is 1. The Labute approximate surface area is 164 Å². The molecule has 27 heavy (non-hydrogen) atoms. The lowest BCUT2D eigenvalue weighted by atomic mass is 9.91. The Balaban J connectivity index is 1.53. The van der Waals surface area contributed by atoms with Gasteiger partial charge < -0.3 is 9.80 Å². The Morgan fingerprint density at radius 1 is 1.15 bits per heavy atom. The zero-order chi connectivity index (χ0) is 18.7. The fourth-order valence-electron chi connectivity index (χ4n) is 5.32. The number of rotatable bonds is 7. The van der Waals surface area contributed by atoms with Gasteiger partial charge in [-0.15, -0.1) is 0 Å². The molecule has 1 unspecified atom stereocenters. The Morgan fingerprint density at radius 2 is 1.96 bits per heavy atom. The van der Waals surface area contributed by atoms with Gasteiger partial charge in [0, 0.05) is 19.4 Å². The molecule has 1 aromatic carbocycles. The van der Waals surface area contributed by atoms with Crippen LogP contribution in [0.3, 0.4) is 0 Å². The Morgan fingerprint density at radius 3 is 2.63 bits per heavy atom. The highest BCUT2D eigenvalue weighted by Gasteiger charge is 2.53. The average Bonchev–Trinajstić information content (AvgIpc) is 3.41. The van der Waals surface area contributed by atoms with Gasteiger partial charge in [-0.3, -0.25) is 4.79 Å². The number of allylic oxidation sites excluding steroid dienone is 2. The molecule has 0 bridgehead atoms. The predicted molar refractivity (Wildman–Crippen MR) is 110 cm³/mol. The molecule has 4 rings (SSSR count). The standard InChI is InChI=1S/C24H34N2O/c1-2-25-17-9-14-22(25)19-26(18-20-10-5-3-6-11-20)23(27)24(15-16-24)21-12-7-4-8-13-21/h3-5,7-8,12-13,20,22H,2,6,9-11,14-19H2,1H3/p+1/t20-,22+/m0/s1.